The summed E-state index contributed by atoms with van der Waals surface area (Å²) >= 11 is 0. The maximum atomic E-state index is 13.5. The first-order chi connectivity index (χ1) is 16.5. The van der Waals surface area contributed by atoms with E-state index < -0.39 is 11.7 Å². The Labute approximate surface area is 197 Å². The lowest BCUT2D eigenvalue weighted by Crippen LogP contribution is -2.30. The molecule has 0 atom stereocenters. The Morgan fingerprint density at radius 1 is 0.971 bits per heavy atom. The van der Waals surface area contributed by atoms with Gasteiger partial charge in [0.1, 0.15) is 18.1 Å². The van der Waals surface area contributed by atoms with Gasteiger partial charge in [-0.2, -0.15) is 0 Å². The molecule has 4 rings (SSSR count). The number of anilines is 1. The normalized spacial score (nSPS) is 10.9. The molecule has 0 bridgehead atoms. The second kappa shape index (κ2) is 10.3. The number of fused-ring (bicyclic) bond motifs is 1. The molecule has 4 aromatic rings. The first kappa shape index (κ1) is 23.2. The van der Waals surface area contributed by atoms with Crippen LogP contribution in [0.15, 0.2) is 77.6 Å². The van der Waals surface area contributed by atoms with Crippen LogP contribution in [-0.2, 0) is 30.6 Å². The summed E-state index contributed by atoms with van der Waals surface area (Å²) in [5.74, 6) is -0.266. The highest BCUT2D eigenvalue weighted by atomic mass is 19.1. The zero-order valence-electron chi connectivity index (χ0n) is 19.3. The van der Waals surface area contributed by atoms with E-state index in [0.717, 1.165) is 23.8 Å². The molecule has 34 heavy (non-hydrogen) atoms. The van der Waals surface area contributed by atoms with Crippen LogP contribution in [0.25, 0.3) is 10.9 Å². The number of amides is 1. The van der Waals surface area contributed by atoms with Crippen LogP contribution in [-0.4, -0.2) is 17.6 Å². The minimum absolute atomic E-state index is 0.196. The summed E-state index contributed by atoms with van der Waals surface area (Å²) in [6.07, 6.45) is 2.25. The molecule has 0 unspecified atom stereocenters. The van der Waals surface area contributed by atoms with Crippen LogP contribution in [0.2, 0.25) is 0 Å². The summed E-state index contributed by atoms with van der Waals surface area (Å²) in [6.45, 7) is 1.92. The van der Waals surface area contributed by atoms with E-state index in [-0.39, 0.29) is 12.1 Å². The lowest BCUT2D eigenvalue weighted by Gasteiger charge is -2.14. The quantitative estimate of drug-likeness (QED) is 0.398. The monoisotopic (exact) mass is 458 g/mol. The first-order valence-electron chi connectivity index (χ1n) is 11.3. The van der Waals surface area contributed by atoms with E-state index in [1.165, 1.54) is 28.3 Å². The smallest absolute Gasteiger partial charge is 0.254 e. The topological polar surface area (TPSA) is 60.3 Å². The third-order valence-corrected chi connectivity index (χ3v) is 5.90. The van der Waals surface area contributed by atoms with E-state index in [9.17, 15) is 14.0 Å². The lowest BCUT2D eigenvalue weighted by atomic mass is 10.0. The van der Waals surface area contributed by atoms with Crippen molar-refractivity contribution < 1.29 is 13.9 Å². The number of nitrogens with zero attached hydrogens (tertiary/aromatic N) is 1. The number of methoxy groups -OCH3 is 1. The molecule has 1 N–H and O–H groups in total. The zero-order valence-corrected chi connectivity index (χ0v) is 19.3. The van der Waals surface area contributed by atoms with Crippen LogP contribution in [0.4, 0.5) is 10.1 Å². The predicted octanol–water partition coefficient (Wildman–Crippen LogP) is 5.14. The number of hydrogen-bond donors (Lipinski definition) is 1. The van der Waals surface area contributed by atoms with E-state index in [1.54, 1.807) is 19.2 Å². The largest absolute Gasteiger partial charge is 0.497 e. The molecule has 1 aromatic heterocycles. The van der Waals surface area contributed by atoms with Crippen LogP contribution in [0.3, 0.4) is 0 Å². The highest BCUT2D eigenvalue weighted by Crippen LogP contribution is 2.21. The van der Waals surface area contributed by atoms with Crippen LogP contribution < -0.4 is 15.6 Å². The molecule has 5 nitrogen and oxygen atoms in total. The van der Waals surface area contributed by atoms with Gasteiger partial charge in [0.05, 0.1) is 12.6 Å². The minimum Gasteiger partial charge on any atom is -0.497 e. The Morgan fingerprint density at radius 3 is 2.44 bits per heavy atom. The second-order valence-corrected chi connectivity index (χ2v) is 8.21. The van der Waals surface area contributed by atoms with Crippen molar-refractivity contribution in [1.29, 1.82) is 0 Å². The number of ether oxygens (including phenoxy) is 1. The van der Waals surface area contributed by atoms with Crippen molar-refractivity contribution in [3.05, 3.63) is 106 Å². The molecule has 0 spiro atoms. The van der Waals surface area contributed by atoms with Crippen LogP contribution in [0.5, 0.6) is 5.75 Å². The molecule has 0 radical (unpaired) electrons. The number of hydrogen-bond acceptors (Lipinski definition) is 3. The standard InChI is InChI=1S/C28H27FN2O3/c1-3-19-7-9-20(10-8-19)11-12-22-15-21-13-14-25(34-2)17-26(21)31(28(22)33)18-27(32)30-24-6-4-5-23(29)16-24/h4-10,13-17H,3,11-12,18H2,1-2H3,(H,30,32). The van der Waals surface area contributed by atoms with Gasteiger partial charge in [0.2, 0.25) is 5.91 Å². The fourth-order valence-electron chi connectivity index (χ4n) is 4.01. The molecule has 0 saturated heterocycles. The Hall–Kier alpha value is -3.93. The van der Waals surface area contributed by atoms with Crippen LogP contribution in [0, 0.1) is 5.82 Å². The molecule has 1 heterocycles. The molecule has 3 aromatic carbocycles. The average Bonchev–Trinajstić information content (AvgIpc) is 2.84. The number of carbonyl (C=O) groups is 1. The van der Waals surface area contributed by atoms with Gasteiger partial charge < -0.3 is 10.1 Å². The van der Waals surface area contributed by atoms with E-state index in [1.807, 2.05) is 18.2 Å². The van der Waals surface area contributed by atoms with E-state index in [0.29, 0.717) is 28.9 Å². The number of benzene rings is 3. The van der Waals surface area contributed by atoms with Gasteiger partial charge in [0.25, 0.3) is 5.56 Å². The van der Waals surface area contributed by atoms with Crippen LogP contribution >= 0.6 is 0 Å². The summed E-state index contributed by atoms with van der Waals surface area (Å²) in [4.78, 5) is 26.2. The highest BCUT2D eigenvalue weighted by Gasteiger charge is 2.14. The summed E-state index contributed by atoms with van der Waals surface area (Å²) in [5, 5.41) is 3.51. The predicted molar refractivity (Wildman–Crippen MR) is 133 cm³/mol. The molecule has 0 fully saturated rings. The molecule has 6 heteroatoms. The molecule has 0 aliphatic rings. The summed E-state index contributed by atoms with van der Waals surface area (Å²) in [6, 6.07) is 21.4. The first-order valence-corrected chi connectivity index (χ1v) is 11.3. The average molecular weight is 459 g/mol. The molecule has 0 aliphatic carbocycles. The summed E-state index contributed by atoms with van der Waals surface area (Å²) < 4.78 is 20.3. The van der Waals surface area contributed by atoms with Crippen molar-refractivity contribution in [1.82, 2.24) is 4.57 Å². The third-order valence-electron chi connectivity index (χ3n) is 5.90. The van der Waals surface area contributed by atoms with Crippen molar-refractivity contribution in [2.75, 3.05) is 12.4 Å². The Bertz CT molecular complexity index is 1380. The second-order valence-electron chi connectivity index (χ2n) is 8.21. The van der Waals surface area contributed by atoms with Gasteiger partial charge in [-0.1, -0.05) is 37.3 Å². The molecule has 1 amide bonds. The van der Waals surface area contributed by atoms with Gasteiger partial charge in [0.15, 0.2) is 0 Å². The third kappa shape index (κ3) is 5.34. The fourth-order valence-corrected chi connectivity index (χ4v) is 4.01. The molecule has 0 aliphatic heterocycles. The van der Waals surface area contributed by atoms with Crippen molar-refractivity contribution in [2.45, 2.75) is 32.7 Å². The van der Waals surface area contributed by atoms with E-state index in [4.69, 9.17) is 4.74 Å². The number of halogens is 1. The van der Waals surface area contributed by atoms with Gasteiger partial charge in [-0.3, -0.25) is 14.2 Å². The van der Waals surface area contributed by atoms with Crippen molar-refractivity contribution in [3.63, 3.8) is 0 Å². The maximum absolute atomic E-state index is 13.5. The number of carbonyl (C=O) groups excluding carboxylic acids is 1. The molecule has 174 valence electrons. The zero-order chi connectivity index (χ0) is 24.1. The fraction of sp³-hybridized carbons (Fsp3) is 0.214. The molecular weight excluding hydrogens is 431 g/mol. The van der Waals surface area contributed by atoms with Crippen LogP contribution in [0.1, 0.15) is 23.6 Å². The SMILES string of the molecule is CCc1ccc(CCc2cc3ccc(OC)cc3n(CC(=O)Nc3cccc(F)c3)c2=O)cc1. The molecular formula is C28H27FN2O3. The Morgan fingerprint density at radius 2 is 1.74 bits per heavy atom. The number of aromatic nitrogens is 1. The van der Waals surface area contributed by atoms with E-state index >= 15 is 0 Å². The van der Waals surface area contributed by atoms with Crippen molar-refractivity contribution in [2.24, 2.45) is 0 Å². The van der Waals surface area contributed by atoms with Gasteiger partial charge in [-0.15, -0.1) is 0 Å². The lowest BCUT2D eigenvalue weighted by molar-refractivity contribution is -0.116. The number of rotatable bonds is 8. The number of pyridine rings is 1. The van der Waals surface area contributed by atoms with E-state index in [2.05, 4.69) is 36.5 Å². The van der Waals surface area contributed by atoms with Crippen molar-refractivity contribution in [3.8, 4) is 5.75 Å². The summed E-state index contributed by atoms with van der Waals surface area (Å²) in [5.41, 5.74) is 3.79. The summed E-state index contributed by atoms with van der Waals surface area (Å²) in [7, 11) is 1.55. The van der Waals surface area contributed by atoms with Crippen molar-refractivity contribution >= 4 is 22.5 Å². The van der Waals surface area contributed by atoms with Gasteiger partial charge in [-0.05, 0) is 72.2 Å². The van der Waals surface area contributed by atoms with Gasteiger partial charge in [0, 0.05) is 17.3 Å². The molecule has 0 saturated carbocycles. The Kier molecular flexibility index (Phi) is 7.07. The number of aryl methyl sites for hydroxylation is 3. The Balaban J connectivity index is 1.65. The minimum atomic E-state index is -0.445. The highest BCUT2D eigenvalue weighted by molar-refractivity contribution is 5.92. The maximum Gasteiger partial charge on any atom is 0.254 e. The number of nitrogens with one attached hydrogen (secondary N) is 1. The van der Waals surface area contributed by atoms with Gasteiger partial charge >= 0.3 is 0 Å². The van der Waals surface area contributed by atoms with Gasteiger partial charge in [-0.25, -0.2) is 4.39 Å².